The molecule has 0 atom stereocenters. The maximum Gasteiger partial charge on any atom is 0.349 e. The minimum atomic E-state index is -0.811. The van der Waals surface area contributed by atoms with Crippen molar-refractivity contribution < 1.29 is 14.1 Å². The molecular formula is C26H13BrN4O5S2. The number of aromatic nitrogens is 1. The van der Waals surface area contributed by atoms with Crippen molar-refractivity contribution in [3.8, 4) is 0 Å². The maximum absolute atomic E-state index is 13.8. The molecule has 1 amide bonds. The van der Waals surface area contributed by atoms with Gasteiger partial charge in [-0.15, -0.1) is 0 Å². The van der Waals surface area contributed by atoms with Gasteiger partial charge in [-0.05, 0) is 47.2 Å². The average Bonchev–Trinajstić information content (AvgIpc) is 3.55. The van der Waals surface area contributed by atoms with Crippen LogP contribution in [0.3, 0.4) is 0 Å². The van der Waals surface area contributed by atoms with E-state index < -0.39 is 16.5 Å². The molecule has 0 unspecified atom stereocenters. The standard InChI is InChI=1S/C26H13BrN4O5S2/c27-15-6-8-20-22(11-15)38-26(29-20)30(28-13-16-7-10-23(37-16)31(34)35)24(32)19-12-18-17-4-2-1-3-14(17)5-9-21(18)36-25(19)33/h1-13H/b28-13+. The van der Waals surface area contributed by atoms with E-state index in [0.717, 1.165) is 36.3 Å². The number of hydrogen-bond donors (Lipinski definition) is 0. The Hall–Kier alpha value is -4.26. The van der Waals surface area contributed by atoms with Crippen LogP contribution in [0.1, 0.15) is 15.2 Å². The summed E-state index contributed by atoms with van der Waals surface area (Å²) in [5.74, 6) is -0.742. The Morgan fingerprint density at radius 3 is 2.71 bits per heavy atom. The van der Waals surface area contributed by atoms with Crippen LogP contribution in [0.4, 0.5) is 10.1 Å². The summed E-state index contributed by atoms with van der Waals surface area (Å²) in [5, 5.41) is 18.9. The molecule has 0 fully saturated rings. The third-order valence-electron chi connectivity index (χ3n) is 5.68. The Morgan fingerprint density at radius 1 is 1.05 bits per heavy atom. The van der Waals surface area contributed by atoms with Gasteiger partial charge in [-0.3, -0.25) is 14.9 Å². The second kappa shape index (κ2) is 9.56. The number of thiazole rings is 1. The predicted molar refractivity (Wildman–Crippen MR) is 153 cm³/mol. The lowest BCUT2D eigenvalue weighted by molar-refractivity contribution is -0.380. The van der Waals surface area contributed by atoms with Crippen LogP contribution < -0.4 is 10.6 Å². The molecule has 0 saturated carbocycles. The first-order valence-corrected chi connectivity index (χ1v) is 13.4. The summed E-state index contributed by atoms with van der Waals surface area (Å²) in [6.45, 7) is 0. The van der Waals surface area contributed by atoms with Gasteiger partial charge in [-0.1, -0.05) is 68.9 Å². The molecule has 3 aromatic carbocycles. The molecule has 3 aromatic heterocycles. The smallest absolute Gasteiger partial charge is 0.349 e. The van der Waals surface area contributed by atoms with Gasteiger partial charge in [0, 0.05) is 15.9 Å². The largest absolute Gasteiger partial charge is 0.422 e. The summed E-state index contributed by atoms with van der Waals surface area (Å²) in [7, 11) is 0. The number of carbonyl (C=O) groups is 1. The zero-order chi connectivity index (χ0) is 26.4. The van der Waals surface area contributed by atoms with Gasteiger partial charge in [0.1, 0.15) is 11.1 Å². The number of nitrogens with zero attached hydrogens (tertiary/aromatic N) is 4. The van der Waals surface area contributed by atoms with Crippen LogP contribution in [-0.4, -0.2) is 22.0 Å². The topological polar surface area (TPSA) is 119 Å². The number of thiophene rings is 1. The quantitative estimate of drug-likeness (QED) is 0.0689. The van der Waals surface area contributed by atoms with Gasteiger partial charge in [0.25, 0.3) is 5.91 Å². The highest BCUT2D eigenvalue weighted by atomic mass is 79.9. The molecule has 0 aliphatic carbocycles. The highest BCUT2D eigenvalue weighted by Gasteiger charge is 2.25. The molecule has 3 heterocycles. The molecule has 12 heteroatoms. The molecule has 0 radical (unpaired) electrons. The number of anilines is 1. The Bertz CT molecular complexity index is 1990. The molecule has 0 aliphatic rings. The van der Waals surface area contributed by atoms with Gasteiger partial charge in [0.05, 0.1) is 26.2 Å². The number of rotatable bonds is 5. The molecule has 0 bridgehead atoms. The van der Waals surface area contributed by atoms with Gasteiger partial charge in [0.15, 0.2) is 0 Å². The van der Waals surface area contributed by atoms with E-state index in [1.165, 1.54) is 35.8 Å². The second-order valence-corrected chi connectivity index (χ2v) is 11.1. The second-order valence-electron chi connectivity index (χ2n) is 8.05. The van der Waals surface area contributed by atoms with Crippen LogP contribution in [0.2, 0.25) is 0 Å². The minimum Gasteiger partial charge on any atom is -0.422 e. The fraction of sp³-hybridized carbons (Fsp3) is 0. The molecular weight excluding hydrogens is 592 g/mol. The van der Waals surface area contributed by atoms with E-state index in [9.17, 15) is 19.7 Å². The predicted octanol–water partition coefficient (Wildman–Crippen LogP) is 6.97. The third-order valence-corrected chi connectivity index (χ3v) is 8.14. The molecule has 6 aromatic rings. The molecule has 9 nitrogen and oxygen atoms in total. The first-order chi connectivity index (χ1) is 18.4. The summed E-state index contributed by atoms with van der Waals surface area (Å²) in [6.07, 6.45) is 1.33. The number of hydrazone groups is 1. The van der Waals surface area contributed by atoms with E-state index >= 15 is 0 Å². The molecule has 6 rings (SSSR count). The number of hydrogen-bond acceptors (Lipinski definition) is 9. The van der Waals surface area contributed by atoms with Gasteiger partial charge in [-0.25, -0.2) is 9.78 Å². The SMILES string of the molecule is O=C(c1cc2c(ccc3ccccc32)oc1=O)N(/N=C/c1ccc([N+](=O)[O-])s1)c1nc2ccc(Br)cc2s1. The molecule has 0 saturated heterocycles. The van der Waals surface area contributed by atoms with Gasteiger partial charge in [0.2, 0.25) is 5.13 Å². The lowest BCUT2D eigenvalue weighted by Crippen LogP contribution is -2.30. The van der Waals surface area contributed by atoms with E-state index in [0.29, 0.717) is 21.4 Å². The van der Waals surface area contributed by atoms with E-state index in [4.69, 9.17) is 4.42 Å². The van der Waals surface area contributed by atoms with Gasteiger partial charge < -0.3 is 4.42 Å². The van der Waals surface area contributed by atoms with E-state index in [1.807, 2.05) is 42.5 Å². The highest BCUT2D eigenvalue weighted by Crippen LogP contribution is 2.33. The summed E-state index contributed by atoms with van der Waals surface area (Å²) in [6, 6.07) is 21.0. The number of halogens is 1. The van der Waals surface area contributed by atoms with E-state index in [1.54, 1.807) is 12.1 Å². The van der Waals surface area contributed by atoms with Crippen LogP contribution in [-0.2, 0) is 0 Å². The third kappa shape index (κ3) is 4.38. The van der Waals surface area contributed by atoms with E-state index in [2.05, 4.69) is 26.0 Å². The van der Waals surface area contributed by atoms with Crippen LogP contribution in [0, 0.1) is 10.1 Å². The Morgan fingerprint density at radius 2 is 1.89 bits per heavy atom. The minimum absolute atomic E-state index is 0.0591. The Labute approximate surface area is 229 Å². The Balaban J connectivity index is 1.49. The lowest BCUT2D eigenvalue weighted by Gasteiger charge is -2.13. The zero-order valence-corrected chi connectivity index (χ0v) is 22.2. The van der Waals surface area contributed by atoms with Crippen LogP contribution in [0.15, 0.2) is 91.6 Å². The number of carbonyl (C=O) groups excluding carboxylic acids is 1. The van der Waals surface area contributed by atoms with Gasteiger partial charge >= 0.3 is 10.6 Å². The lowest BCUT2D eigenvalue weighted by atomic mass is 10.0. The van der Waals surface area contributed by atoms with E-state index in [-0.39, 0.29) is 15.7 Å². The first kappa shape index (κ1) is 24.1. The van der Waals surface area contributed by atoms with Crippen molar-refractivity contribution in [1.82, 2.24) is 4.98 Å². The number of benzene rings is 3. The van der Waals surface area contributed by atoms with Crippen molar-refractivity contribution in [2.75, 3.05) is 5.01 Å². The van der Waals surface area contributed by atoms with Crippen molar-refractivity contribution in [1.29, 1.82) is 0 Å². The summed E-state index contributed by atoms with van der Waals surface area (Å²) < 4.78 is 7.16. The van der Waals surface area contributed by atoms with Crippen molar-refractivity contribution in [3.05, 3.63) is 108 Å². The number of nitro groups is 1. The zero-order valence-electron chi connectivity index (χ0n) is 19.0. The van der Waals surface area contributed by atoms with Crippen molar-refractivity contribution in [2.24, 2.45) is 5.10 Å². The summed E-state index contributed by atoms with van der Waals surface area (Å²) in [5.41, 5.74) is -0.0299. The molecule has 186 valence electrons. The first-order valence-electron chi connectivity index (χ1n) is 11.0. The van der Waals surface area contributed by atoms with Gasteiger partial charge in [-0.2, -0.15) is 10.1 Å². The summed E-state index contributed by atoms with van der Waals surface area (Å²) >= 11 is 5.56. The summed E-state index contributed by atoms with van der Waals surface area (Å²) in [4.78, 5) is 42.4. The fourth-order valence-electron chi connectivity index (χ4n) is 3.92. The molecule has 0 spiro atoms. The molecule has 0 N–H and O–H groups in total. The average molecular weight is 605 g/mol. The number of fused-ring (bicyclic) bond motifs is 4. The van der Waals surface area contributed by atoms with Crippen LogP contribution in [0.5, 0.6) is 0 Å². The van der Waals surface area contributed by atoms with Crippen LogP contribution >= 0.6 is 38.6 Å². The molecule has 38 heavy (non-hydrogen) atoms. The van der Waals surface area contributed by atoms with Crippen molar-refractivity contribution in [2.45, 2.75) is 0 Å². The monoisotopic (exact) mass is 604 g/mol. The number of amides is 1. The fourth-order valence-corrected chi connectivity index (χ4v) is 6.09. The maximum atomic E-state index is 13.8. The Kier molecular flexibility index (Phi) is 6.06. The van der Waals surface area contributed by atoms with Crippen molar-refractivity contribution in [3.63, 3.8) is 0 Å². The van der Waals surface area contributed by atoms with Crippen molar-refractivity contribution >= 4 is 92.8 Å². The van der Waals surface area contributed by atoms with Crippen LogP contribution in [0.25, 0.3) is 32.0 Å². The normalized spacial score (nSPS) is 11.6. The molecule has 0 aliphatic heterocycles. The highest BCUT2D eigenvalue weighted by molar-refractivity contribution is 9.10.